The first-order valence-electron chi connectivity index (χ1n) is 9.17. The van der Waals surface area contributed by atoms with E-state index in [0.29, 0.717) is 46.6 Å². The summed E-state index contributed by atoms with van der Waals surface area (Å²) in [6, 6.07) is 4.34. The third kappa shape index (κ3) is 3.00. The topological polar surface area (TPSA) is 103 Å². The average molecular weight is 399 g/mol. The molecule has 0 aromatic heterocycles. The summed E-state index contributed by atoms with van der Waals surface area (Å²) in [4.78, 5) is 24.4. The molecule has 8 nitrogen and oxygen atoms in total. The van der Waals surface area contributed by atoms with E-state index in [1.807, 2.05) is 0 Å². The van der Waals surface area contributed by atoms with Gasteiger partial charge in [-0.2, -0.15) is 0 Å². The van der Waals surface area contributed by atoms with Crippen LogP contribution in [0.25, 0.3) is 11.1 Å². The van der Waals surface area contributed by atoms with Gasteiger partial charge in [-0.1, -0.05) is 6.07 Å². The van der Waals surface area contributed by atoms with Crippen LogP contribution in [0.2, 0.25) is 0 Å². The molecule has 29 heavy (non-hydrogen) atoms. The molecule has 2 N–H and O–H groups in total. The fourth-order valence-corrected chi connectivity index (χ4v) is 4.00. The van der Waals surface area contributed by atoms with Crippen LogP contribution >= 0.6 is 0 Å². The maximum absolute atomic E-state index is 12.6. The molecule has 0 fully saturated rings. The monoisotopic (exact) mass is 399 g/mol. The lowest BCUT2D eigenvalue weighted by molar-refractivity contribution is -0.119. The molecular weight excluding hydrogens is 378 g/mol. The number of carbonyl (C=O) groups is 1. The van der Waals surface area contributed by atoms with Crippen molar-refractivity contribution in [1.29, 1.82) is 0 Å². The predicted molar refractivity (Wildman–Crippen MR) is 104 cm³/mol. The Labute approximate surface area is 167 Å². The van der Waals surface area contributed by atoms with Crippen molar-refractivity contribution in [2.45, 2.75) is 25.8 Å². The van der Waals surface area contributed by atoms with Crippen LogP contribution in [0.5, 0.6) is 28.7 Å². The van der Waals surface area contributed by atoms with Crippen molar-refractivity contribution in [2.24, 2.45) is 0 Å². The molecule has 152 valence electrons. The predicted octanol–water partition coefficient (Wildman–Crippen LogP) is 2.29. The number of methoxy groups -OCH3 is 2. The van der Waals surface area contributed by atoms with Crippen LogP contribution in [-0.4, -0.2) is 32.0 Å². The van der Waals surface area contributed by atoms with E-state index in [-0.39, 0.29) is 35.4 Å². The third-order valence-corrected chi connectivity index (χ3v) is 5.22. The fourth-order valence-electron chi connectivity index (χ4n) is 4.00. The minimum Gasteiger partial charge on any atom is -0.504 e. The fraction of sp³-hybridized carbons (Fsp3) is 0.333. The Kier molecular flexibility index (Phi) is 4.70. The number of rotatable bonds is 3. The Morgan fingerprint density at radius 2 is 1.97 bits per heavy atom. The lowest BCUT2D eigenvalue weighted by atomic mass is 9.95. The lowest BCUT2D eigenvalue weighted by Gasteiger charge is -2.18. The second-order valence-electron chi connectivity index (χ2n) is 6.87. The Bertz CT molecular complexity index is 1060. The maximum atomic E-state index is 12.6. The summed E-state index contributed by atoms with van der Waals surface area (Å²) in [5.41, 5.74) is 2.16. The van der Waals surface area contributed by atoms with E-state index < -0.39 is 6.04 Å². The molecule has 4 rings (SSSR count). The summed E-state index contributed by atoms with van der Waals surface area (Å²) < 4.78 is 21.8. The van der Waals surface area contributed by atoms with Crippen LogP contribution in [0, 0.1) is 0 Å². The highest BCUT2D eigenvalue weighted by Crippen LogP contribution is 2.56. The first-order valence-corrected chi connectivity index (χ1v) is 9.17. The number of hydrogen-bond donors (Lipinski definition) is 2. The minimum absolute atomic E-state index is 0.0232. The lowest BCUT2D eigenvalue weighted by Crippen LogP contribution is -2.26. The quantitative estimate of drug-likeness (QED) is 0.816. The second-order valence-corrected chi connectivity index (χ2v) is 6.87. The molecule has 0 spiro atoms. The van der Waals surface area contributed by atoms with E-state index in [0.717, 1.165) is 0 Å². The summed E-state index contributed by atoms with van der Waals surface area (Å²) in [6.45, 7) is 1.40. The van der Waals surface area contributed by atoms with Crippen molar-refractivity contribution in [1.82, 2.24) is 5.32 Å². The van der Waals surface area contributed by atoms with Gasteiger partial charge >= 0.3 is 0 Å². The molecule has 1 aliphatic heterocycles. The summed E-state index contributed by atoms with van der Waals surface area (Å²) in [7, 11) is 2.93. The zero-order valence-electron chi connectivity index (χ0n) is 16.3. The Morgan fingerprint density at radius 3 is 2.66 bits per heavy atom. The number of nitrogens with one attached hydrogen (secondary N) is 1. The molecule has 0 saturated heterocycles. The van der Waals surface area contributed by atoms with Gasteiger partial charge in [-0.3, -0.25) is 9.59 Å². The normalized spacial score (nSPS) is 16.3. The molecule has 0 saturated carbocycles. The largest absolute Gasteiger partial charge is 0.504 e. The summed E-state index contributed by atoms with van der Waals surface area (Å²) >= 11 is 0. The number of amides is 1. The van der Waals surface area contributed by atoms with Crippen LogP contribution in [0.3, 0.4) is 0 Å². The molecule has 1 atom stereocenters. The van der Waals surface area contributed by atoms with Crippen LogP contribution in [0.15, 0.2) is 23.0 Å². The van der Waals surface area contributed by atoms with E-state index in [2.05, 4.69) is 5.32 Å². The van der Waals surface area contributed by atoms with Crippen molar-refractivity contribution in [3.05, 3.63) is 39.5 Å². The van der Waals surface area contributed by atoms with Crippen molar-refractivity contribution in [2.75, 3.05) is 21.0 Å². The highest BCUT2D eigenvalue weighted by molar-refractivity contribution is 5.86. The SMILES string of the molecule is COc1c2c(c(O)c3c1-c1ccc(OC)c(=O)cc1C(NC(C)=O)CC3)OCO2. The van der Waals surface area contributed by atoms with Crippen LogP contribution in [0.4, 0.5) is 0 Å². The van der Waals surface area contributed by atoms with Crippen LogP contribution < -0.4 is 29.7 Å². The molecule has 2 aromatic rings. The van der Waals surface area contributed by atoms with Gasteiger partial charge in [0.25, 0.3) is 0 Å². The molecule has 2 aliphatic rings. The standard InChI is InChI=1S/C21H21NO7/c1-10(23)22-14-6-4-12-17(11-5-7-16(26-2)15(24)8-13(11)14)19(27-3)21-20(18(12)25)28-9-29-21/h5,7-8,14,25H,4,6,9H2,1-3H3,(H,22,23). The van der Waals surface area contributed by atoms with Crippen molar-refractivity contribution >= 4 is 5.91 Å². The number of aromatic hydroxyl groups is 1. The van der Waals surface area contributed by atoms with Crippen LogP contribution in [0.1, 0.15) is 30.5 Å². The number of ether oxygens (including phenoxy) is 4. The highest BCUT2D eigenvalue weighted by atomic mass is 16.7. The molecule has 1 heterocycles. The van der Waals surface area contributed by atoms with Gasteiger partial charge in [-0.15, -0.1) is 0 Å². The van der Waals surface area contributed by atoms with E-state index in [9.17, 15) is 14.7 Å². The smallest absolute Gasteiger partial charge is 0.231 e. The maximum Gasteiger partial charge on any atom is 0.231 e. The number of phenolic OH excluding ortho intramolecular Hbond substituents is 1. The van der Waals surface area contributed by atoms with E-state index in [1.54, 1.807) is 12.1 Å². The molecular formula is C21H21NO7. The number of hydrogen-bond acceptors (Lipinski definition) is 7. The first kappa shape index (κ1) is 18.9. The summed E-state index contributed by atoms with van der Waals surface area (Å²) in [6.07, 6.45) is 0.907. The summed E-state index contributed by atoms with van der Waals surface area (Å²) in [5, 5.41) is 13.8. The van der Waals surface area contributed by atoms with Gasteiger partial charge in [0.15, 0.2) is 17.2 Å². The van der Waals surface area contributed by atoms with Gasteiger partial charge < -0.3 is 29.4 Å². The van der Waals surface area contributed by atoms with Crippen LogP contribution in [-0.2, 0) is 11.2 Å². The molecule has 0 bridgehead atoms. The van der Waals surface area contributed by atoms with Gasteiger partial charge in [0.2, 0.25) is 29.6 Å². The van der Waals surface area contributed by atoms with Crippen molar-refractivity contribution in [3.8, 4) is 39.9 Å². The first-order chi connectivity index (χ1) is 14.0. The van der Waals surface area contributed by atoms with Gasteiger partial charge in [0, 0.05) is 18.1 Å². The molecule has 1 unspecified atom stereocenters. The number of phenols is 1. The number of benzene rings is 1. The van der Waals surface area contributed by atoms with Crippen molar-refractivity contribution in [3.63, 3.8) is 0 Å². The van der Waals surface area contributed by atoms with E-state index in [4.69, 9.17) is 18.9 Å². The Morgan fingerprint density at radius 1 is 1.21 bits per heavy atom. The molecule has 2 aromatic carbocycles. The Hall–Kier alpha value is -3.42. The average Bonchev–Trinajstić information content (AvgIpc) is 3.05. The third-order valence-electron chi connectivity index (χ3n) is 5.22. The number of carbonyl (C=O) groups excluding carboxylic acids is 1. The molecule has 1 aliphatic carbocycles. The molecule has 8 heteroatoms. The van der Waals surface area contributed by atoms with Gasteiger partial charge in [-0.25, -0.2) is 0 Å². The zero-order valence-corrected chi connectivity index (χ0v) is 16.3. The Balaban J connectivity index is 2.09. The second kappa shape index (κ2) is 7.20. The van der Waals surface area contributed by atoms with Crippen molar-refractivity contribution < 1.29 is 28.8 Å². The molecule has 0 radical (unpaired) electrons. The van der Waals surface area contributed by atoms with Gasteiger partial charge in [-0.05, 0) is 36.1 Å². The highest BCUT2D eigenvalue weighted by Gasteiger charge is 2.35. The zero-order chi connectivity index (χ0) is 20.7. The van der Waals surface area contributed by atoms with E-state index in [1.165, 1.54) is 27.2 Å². The molecule has 1 amide bonds. The van der Waals surface area contributed by atoms with Gasteiger partial charge in [0.1, 0.15) is 0 Å². The van der Waals surface area contributed by atoms with E-state index >= 15 is 0 Å². The number of fused-ring (bicyclic) bond motifs is 4. The minimum atomic E-state index is -0.430. The summed E-state index contributed by atoms with van der Waals surface area (Å²) in [5.74, 6) is 0.889. The van der Waals surface area contributed by atoms with Gasteiger partial charge in [0.05, 0.1) is 20.3 Å².